The molecule has 1 aliphatic rings. The van der Waals surface area contributed by atoms with Crippen molar-refractivity contribution in [2.75, 3.05) is 6.54 Å². The van der Waals surface area contributed by atoms with E-state index in [9.17, 15) is 14.4 Å². The molecule has 0 bridgehead atoms. The van der Waals surface area contributed by atoms with Crippen LogP contribution in [0.4, 0.5) is 4.79 Å². The number of allylic oxidation sites excluding steroid dienone is 2. The first-order chi connectivity index (χ1) is 19.0. The molecule has 0 saturated heterocycles. The Hall–Kier alpha value is -4.73. The molecule has 0 radical (unpaired) electrons. The molecule has 3 aromatic rings. The zero-order valence-corrected chi connectivity index (χ0v) is 23.3. The van der Waals surface area contributed by atoms with Gasteiger partial charge in [-0.2, -0.15) is 0 Å². The number of carbonyl (C=O) groups is 3. The third-order valence-electron chi connectivity index (χ3n) is 6.22. The second kappa shape index (κ2) is 11.6. The van der Waals surface area contributed by atoms with E-state index in [1.807, 2.05) is 29.8 Å². The van der Waals surface area contributed by atoms with Gasteiger partial charge in [0.05, 0.1) is 12.2 Å². The van der Waals surface area contributed by atoms with Crippen LogP contribution in [0.2, 0.25) is 0 Å². The summed E-state index contributed by atoms with van der Waals surface area (Å²) in [7, 11) is 0. The number of nitrogens with one attached hydrogen (secondary N) is 2. The first-order valence-corrected chi connectivity index (χ1v) is 13.1. The highest BCUT2D eigenvalue weighted by Crippen LogP contribution is 2.32. The van der Waals surface area contributed by atoms with E-state index in [4.69, 9.17) is 4.74 Å². The minimum absolute atomic E-state index is 0.147. The average molecular weight is 543 g/mol. The Morgan fingerprint density at radius 2 is 1.75 bits per heavy atom. The molecule has 1 aromatic carbocycles. The highest BCUT2D eigenvalue weighted by atomic mass is 16.6. The number of ether oxygens (including phenoxy) is 1. The quantitative estimate of drug-likeness (QED) is 0.320. The van der Waals surface area contributed by atoms with Crippen molar-refractivity contribution < 1.29 is 19.1 Å². The van der Waals surface area contributed by atoms with Crippen LogP contribution in [0, 0.1) is 6.92 Å². The number of rotatable bonds is 8. The van der Waals surface area contributed by atoms with E-state index in [1.54, 1.807) is 93.7 Å². The molecule has 0 fully saturated rings. The molecule has 2 aromatic heterocycles. The number of hydrogen-bond acceptors (Lipinski definition) is 7. The number of nitrogens with zero attached hydrogens (tertiary/aromatic N) is 4. The maximum atomic E-state index is 13.6. The Morgan fingerprint density at radius 1 is 1.00 bits per heavy atom. The highest BCUT2D eigenvalue weighted by molar-refractivity contribution is 5.98. The van der Waals surface area contributed by atoms with Crippen molar-refractivity contribution in [2.24, 2.45) is 0 Å². The second-order valence-corrected chi connectivity index (χ2v) is 10.3. The van der Waals surface area contributed by atoms with Crippen molar-refractivity contribution in [1.29, 1.82) is 0 Å². The van der Waals surface area contributed by atoms with Crippen molar-refractivity contribution in [3.63, 3.8) is 0 Å². The van der Waals surface area contributed by atoms with Crippen LogP contribution in [0.3, 0.4) is 0 Å². The van der Waals surface area contributed by atoms with Gasteiger partial charge in [0.15, 0.2) is 5.78 Å². The van der Waals surface area contributed by atoms with E-state index in [-0.39, 0.29) is 24.7 Å². The second-order valence-electron chi connectivity index (χ2n) is 10.3. The van der Waals surface area contributed by atoms with Crippen molar-refractivity contribution in [1.82, 2.24) is 30.1 Å². The topological polar surface area (TPSA) is 118 Å². The Bertz CT molecular complexity index is 1440. The summed E-state index contributed by atoms with van der Waals surface area (Å²) >= 11 is 0. The molecule has 40 heavy (non-hydrogen) atoms. The Labute approximate surface area is 233 Å². The lowest BCUT2D eigenvalue weighted by Crippen LogP contribution is -2.70. The summed E-state index contributed by atoms with van der Waals surface area (Å²) in [5.74, 6) is -1.38. The molecule has 0 aliphatic carbocycles. The van der Waals surface area contributed by atoms with E-state index in [1.165, 1.54) is 0 Å². The molecule has 1 atom stereocenters. The van der Waals surface area contributed by atoms with Crippen LogP contribution in [0.25, 0.3) is 11.3 Å². The van der Waals surface area contributed by atoms with E-state index >= 15 is 0 Å². The minimum atomic E-state index is -1.65. The molecule has 0 spiro atoms. The van der Waals surface area contributed by atoms with Crippen LogP contribution in [0.5, 0.6) is 0 Å². The van der Waals surface area contributed by atoms with Crippen LogP contribution < -0.4 is 10.6 Å². The molecule has 2 N–H and O–H groups in total. The van der Waals surface area contributed by atoms with Gasteiger partial charge in [-0.05, 0) is 76.2 Å². The summed E-state index contributed by atoms with van der Waals surface area (Å²) in [5.41, 5.74) is 1.53. The van der Waals surface area contributed by atoms with Crippen LogP contribution in [0.1, 0.15) is 56.0 Å². The van der Waals surface area contributed by atoms with E-state index in [0.717, 1.165) is 11.5 Å². The number of hydrogen-bond donors (Lipinski definition) is 2. The van der Waals surface area contributed by atoms with Gasteiger partial charge >= 0.3 is 6.09 Å². The number of amides is 2. The Kier molecular flexibility index (Phi) is 8.18. The van der Waals surface area contributed by atoms with Crippen molar-refractivity contribution in [2.45, 2.75) is 52.4 Å². The summed E-state index contributed by atoms with van der Waals surface area (Å²) in [6.07, 6.45) is 9.71. The van der Waals surface area contributed by atoms with Crippen LogP contribution in [0.15, 0.2) is 79.4 Å². The predicted octanol–water partition coefficient (Wildman–Crippen LogP) is 4.38. The minimum Gasteiger partial charge on any atom is -0.444 e. The summed E-state index contributed by atoms with van der Waals surface area (Å²) in [6.45, 7) is 8.68. The summed E-state index contributed by atoms with van der Waals surface area (Å²) in [5, 5.41) is 5.80. The van der Waals surface area contributed by atoms with Gasteiger partial charge in [-0.25, -0.2) is 9.78 Å². The SMILES string of the molecule is CCC(=O)N[C@]1(NC(=O)OC(C)(C)C)C(c2ccccn2)=CC=CN1CC(=O)c1ccc(-n2ccnc2C)cc1. The standard InChI is InChI=1S/C30H34N6O4/c1-6-27(38)33-30(34-28(39)40-29(3,4)5)24(25-11-7-8-16-32-25)10-9-18-35(30)20-26(37)22-12-14-23(15-13-22)36-19-17-31-21(36)2/h7-19H,6,20H2,1-5H3,(H,33,38)(H,34,39)/t30-/m0/s1. The maximum absolute atomic E-state index is 13.6. The molecule has 0 unspecified atom stereocenters. The van der Waals surface area contributed by atoms with E-state index in [0.29, 0.717) is 16.8 Å². The molecular formula is C30H34N6O4. The molecule has 208 valence electrons. The number of ketones is 1. The molecule has 10 heteroatoms. The molecular weight excluding hydrogens is 508 g/mol. The van der Waals surface area contributed by atoms with Crippen molar-refractivity contribution in [3.05, 3.63) is 96.5 Å². The number of aryl methyl sites for hydroxylation is 1. The van der Waals surface area contributed by atoms with Gasteiger partial charge in [0.25, 0.3) is 0 Å². The largest absolute Gasteiger partial charge is 0.444 e. The van der Waals surface area contributed by atoms with Gasteiger partial charge in [0, 0.05) is 48.0 Å². The lowest BCUT2D eigenvalue weighted by molar-refractivity contribution is -0.124. The number of carbonyl (C=O) groups excluding carboxylic acids is 3. The van der Waals surface area contributed by atoms with Gasteiger partial charge in [-0.15, -0.1) is 0 Å². The fourth-order valence-corrected chi connectivity index (χ4v) is 4.35. The first-order valence-electron chi connectivity index (χ1n) is 13.1. The fourth-order valence-electron chi connectivity index (χ4n) is 4.35. The molecule has 10 nitrogen and oxygen atoms in total. The van der Waals surface area contributed by atoms with E-state index < -0.39 is 17.5 Å². The number of alkyl carbamates (subject to hydrolysis) is 1. The Balaban J connectivity index is 1.72. The highest BCUT2D eigenvalue weighted by Gasteiger charge is 2.46. The van der Waals surface area contributed by atoms with Gasteiger partial charge in [0.1, 0.15) is 11.4 Å². The fraction of sp³-hybridized carbons (Fsp3) is 0.300. The predicted molar refractivity (Wildman–Crippen MR) is 151 cm³/mol. The van der Waals surface area contributed by atoms with Gasteiger partial charge in [-0.3, -0.25) is 19.9 Å². The smallest absolute Gasteiger partial charge is 0.411 e. The lowest BCUT2D eigenvalue weighted by Gasteiger charge is -2.46. The molecule has 1 aliphatic heterocycles. The van der Waals surface area contributed by atoms with Gasteiger partial charge in [-0.1, -0.05) is 13.0 Å². The third-order valence-corrected chi connectivity index (χ3v) is 6.22. The van der Waals surface area contributed by atoms with Gasteiger partial charge in [0.2, 0.25) is 11.7 Å². The molecule has 2 amide bonds. The monoisotopic (exact) mass is 542 g/mol. The van der Waals surface area contributed by atoms with Crippen LogP contribution in [-0.4, -0.2) is 55.2 Å². The Morgan fingerprint density at radius 3 is 2.35 bits per heavy atom. The average Bonchev–Trinajstić information content (AvgIpc) is 3.34. The molecule has 3 heterocycles. The first kappa shape index (κ1) is 28.3. The zero-order chi connectivity index (χ0) is 28.9. The third kappa shape index (κ3) is 6.28. The zero-order valence-electron chi connectivity index (χ0n) is 23.3. The lowest BCUT2D eigenvalue weighted by atomic mass is 9.97. The van der Waals surface area contributed by atoms with E-state index in [2.05, 4.69) is 20.6 Å². The summed E-state index contributed by atoms with van der Waals surface area (Å²) in [6, 6.07) is 12.5. The number of Topliss-reactive ketones (excluding diaryl/α,β-unsaturated/α-hetero) is 1. The number of benzene rings is 1. The number of pyridine rings is 1. The summed E-state index contributed by atoms with van der Waals surface area (Å²) in [4.78, 5) is 50.0. The van der Waals surface area contributed by atoms with Crippen molar-refractivity contribution in [3.8, 4) is 5.69 Å². The summed E-state index contributed by atoms with van der Waals surface area (Å²) < 4.78 is 7.49. The number of aromatic nitrogens is 3. The molecule has 4 rings (SSSR count). The van der Waals surface area contributed by atoms with Crippen LogP contribution >= 0.6 is 0 Å². The maximum Gasteiger partial charge on any atom is 0.411 e. The normalized spacial score (nSPS) is 16.7. The van der Waals surface area contributed by atoms with Crippen LogP contribution in [-0.2, 0) is 9.53 Å². The van der Waals surface area contributed by atoms with Gasteiger partial charge < -0.3 is 19.5 Å². The van der Waals surface area contributed by atoms with Crippen molar-refractivity contribution >= 4 is 23.4 Å². The molecule has 0 saturated carbocycles. The number of imidazole rings is 1.